The minimum atomic E-state index is -0.323. The van der Waals surface area contributed by atoms with Gasteiger partial charge in [-0.05, 0) is 34.4 Å². The van der Waals surface area contributed by atoms with Gasteiger partial charge in [0, 0.05) is 0 Å². The summed E-state index contributed by atoms with van der Waals surface area (Å²) in [5.74, 6) is 5.07. The SMILES string of the molecule is CC(C)(C)CC(C(=O)NN)c1ccc(O)c(C(C)(C)C)c1. The standard InChI is InChI=1S/C17H28N2O2/c1-16(2,3)10-12(15(21)19-18)11-7-8-14(20)13(9-11)17(4,5)6/h7-9,12,20H,10,18H2,1-6H3,(H,19,21). The van der Waals surface area contributed by atoms with Crippen molar-refractivity contribution in [2.45, 2.75) is 59.3 Å². The van der Waals surface area contributed by atoms with Crippen LogP contribution < -0.4 is 11.3 Å². The third-order valence-electron chi connectivity index (χ3n) is 3.51. The molecule has 4 heteroatoms. The van der Waals surface area contributed by atoms with Gasteiger partial charge < -0.3 is 5.11 Å². The van der Waals surface area contributed by atoms with Crippen LogP contribution in [0, 0.1) is 5.41 Å². The molecule has 118 valence electrons. The van der Waals surface area contributed by atoms with Crippen molar-refractivity contribution >= 4 is 5.91 Å². The number of phenols is 1. The highest BCUT2D eigenvalue weighted by atomic mass is 16.3. The number of carbonyl (C=O) groups excluding carboxylic acids is 1. The van der Waals surface area contributed by atoms with Gasteiger partial charge in [0.1, 0.15) is 5.75 Å². The first-order valence-electron chi connectivity index (χ1n) is 7.29. The molecule has 0 aliphatic rings. The average molecular weight is 292 g/mol. The van der Waals surface area contributed by atoms with Crippen molar-refractivity contribution in [3.8, 4) is 5.75 Å². The van der Waals surface area contributed by atoms with Crippen LogP contribution in [0.2, 0.25) is 0 Å². The Bertz CT molecular complexity index is 511. The number of phenolic OH excluding ortho intramolecular Hbond substituents is 1. The highest BCUT2D eigenvalue weighted by molar-refractivity contribution is 5.83. The van der Waals surface area contributed by atoms with Crippen LogP contribution >= 0.6 is 0 Å². The first-order valence-corrected chi connectivity index (χ1v) is 7.29. The lowest BCUT2D eigenvalue weighted by Crippen LogP contribution is -2.36. The second kappa shape index (κ2) is 6.06. The van der Waals surface area contributed by atoms with Crippen molar-refractivity contribution in [2.75, 3.05) is 0 Å². The van der Waals surface area contributed by atoms with Gasteiger partial charge in [0.2, 0.25) is 5.91 Å². The molecule has 0 saturated carbocycles. The monoisotopic (exact) mass is 292 g/mol. The molecule has 0 radical (unpaired) electrons. The molecule has 1 atom stereocenters. The largest absolute Gasteiger partial charge is 0.508 e. The van der Waals surface area contributed by atoms with Crippen molar-refractivity contribution in [3.63, 3.8) is 0 Å². The Morgan fingerprint density at radius 1 is 1.24 bits per heavy atom. The fourth-order valence-corrected chi connectivity index (χ4v) is 2.45. The summed E-state index contributed by atoms with van der Waals surface area (Å²) in [6.45, 7) is 12.4. The third kappa shape index (κ3) is 4.74. The zero-order valence-electron chi connectivity index (χ0n) is 13.9. The Balaban J connectivity index is 3.29. The number of hydrazine groups is 1. The van der Waals surface area contributed by atoms with Crippen molar-refractivity contribution in [3.05, 3.63) is 29.3 Å². The Kier molecular flexibility index (Phi) is 5.05. The van der Waals surface area contributed by atoms with E-state index in [1.54, 1.807) is 12.1 Å². The molecule has 1 aromatic carbocycles. The average Bonchev–Trinajstić information content (AvgIpc) is 2.33. The molecule has 21 heavy (non-hydrogen) atoms. The van der Waals surface area contributed by atoms with E-state index in [0.29, 0.717) is 6.42 Å². The molecule has 1 aromatic rings. The summed E-state index contributed by atoms with van der Waals surface area (Å²) in [6, 6.07) is 5.38. The zero-order valence-corrected chi connectivity index (χ0v) is 13.9. The van der Waals surface area contributed by atoms with Crippen LogP contribution in [-0.2, 0) is 10.2 Å². The molecule has 4 nitrogen and oxygen atoms in total. The number of carbonyl (C=O) groups is 1. The molecule has 0 spiro atoms. The summed E-state index contributed by atoms with van der Waals surface area (Å²) in [6.07, 6.45) is 0.685. The van der Waals surface area contributed by atoms with Gasteiger partial charge in [-0.1, -0.05) is 53.7 Å². The third-order valence-corrected chi connectivity index (χ3v) is 3.51. The smallest absolute Gasteiger partial charge is 0.241 e. The van der Waals surface area contributed by atoms with Gasteiger partial charge in [-0.3, -0.25) is 10.2 Å². The molecule has 0 aliphatic heterocycles. The molecule has 0 saturated heterocycles. The van der Waals surface area contributed by atoms with Crippen molar-refractivity contribution in [1.29, 1.82) is 0 Å². The Morgan fingerprint density at radius 2 is 1.81 bits per heavy atom. The molecule has 1 unspecified atom stereocenters. The normalized spacial score (nSPS) is 13.9. The maximum absolute atomic E-state index is 12.1. The van der Waals surface area contributed by atoms with Gasteiger partial charge in [0.25, 0.3) is 0 Å². The predicted molar refractivity (Wildman–Crippen MR) is 85.9 cm³/mol. The fraction of sp³-hybridized carbons (Fsp3) is 0.588. The van der Waals surface area contributed by atoms with Crippen LogP contribution in [-0.4, -0.2) is 11.0 Å². The fourth-order valence-electron chi connectivity index (χ4n) is 2.45. The number of nitrogens with one attached hydrogen (secondary N) is 1. The van der Waals surface area contributed by atoms with Gasteiger partial charge in [-0.15, -0.1) is 0 Å². The molecule has 0 aliphatic carbocycles. The van der Waals surface area contributed by atoms with Crippen LogP contribution in [0.1, 0.15) is 65.0 Å². The number of amides is 1. The van der Waals surface area contributed by atoms with Gasteiger partial charge >= 0.3 is 0 Å². The predicted octanol–water partition coefficient (Wildman–Crippen LogP) is 3.20. The first-order chi connectivity index (χ1) is 9.45. The van der Waals surface area contributed by atoms with Crippen LogP contribution in [0.25, 0.3) is 0 Å². The van der Waals surface area contributed by atoms with E-state index in [9.17, 15) is 9.90 Å². The molecule has 0 heterocycles. The van der Waals surface area contributed by atoms with E-state index >= 15 is 0 Å². The van der Waals surface area contributed by atoms with E-state index in [4.69, 9.17) is 5.84 Å². The highest BCUT2D eigenvalue weighted by Crippen LogP contribution is 2.36. The van der Waals surface area contributed by atoms with Crippen molar-refractivity contribution in [1.82, 2.24) is 5.43 Å². The van der Waals surface area contributed by atoms with Crippen LogP contribution in [0.3, 0.4) is 0 Å². The van der Waals surface area contributed by atoms with E-state index in [-0.39, 0.29) is 28.4 Å². The summed E-state index contributed by atoms with van der Waals surface area (Å²) in [4.78, 5) is 12.1. The molecule has 0 fully saturated rings. The Labute approximate surface area is 127 Å². The number of rotatable bonds is 3. The highest BCUT2D eigenvalue weighted by Gasteiger charge is 2.28. The second-order valence-corrected chi connectivity index (χ2v) is 7.85. The molecule has 4 N–H and O–H groups in total. The van der Waals surface area contributed by atoms with Crippen molar-refractivity contribution in [2.24, 2.45) is 11.3 Å². The maximum Gasteiger partial charge on any atom is 0.241 e. The quantitative estimate of drug-likeness (QED) is 0.455. The number of benzene rings is 1. The summed E-state index contributed by atoms with van der Waals surface area (Å²) >= 11 is 0. The van der Waals surface area contributed by atoms with Crippen LogP contribution in [0.5, 0.6) is 5.75 Å². The van der Waals surface area contributed by atoms with E-state index in [0.717, 1.165) is 11.1 Å². The molecular weight excluding hydrogens is 264 g/mol. The van der Waals surface area contributed by atoms with E-state index < -0.39 is 0 Å². The number of hydrogen-bond donors (Lipinski definition) is 3. The maximum atomic E-state index is 12.1. The second-order valence-electron chi connectivity index (χ2n) is 7.85. The van der Waals surface area contributed by atoms with Gasteiger partial charge in [-0.25, -0.2) is 5.84 Å². The number of nitrogens with two attached hydrogens (primary N) is 1. The van der Waals surface area contributed by atoms with Gasteiger partial charge in [0.05, 0.1) is 5.92 Å². The summed E-state index contributed by atoms with van der Waals surface area (Å²) < 4.78 is 0. The lowest BCUT2D eigenvalue weighted by Gasteiger charge is -2.27. The Hall–Kier alpha value is -1.55. The van der Waals surface area contributed by atoms with Gasteiger partial charge in [0.15, 0.2) is 0 Å². The van der Waals surface area contributed by atoms with Crippen LogP contribution in [0.15, 0.2) is 18.2 Å². The zero-order chi connectivity index (χ0) is 16.4. The summed E-state index contributed by atoms with van der Waals surface area (Å²) in [5, 5.41) is 10.1. The minimum Gasteiger partial charge on any atom is -0.508 e. The van der Waals surface area contributed by atoms with Gasteiger partial charge in [-0.2, -0.15) is 0 Å². The lowest BCUT2D eigenvalue weighted by molar-refractivity contribution is -0.123. The molecular formula is C17H28N2O2. The first kappa shape index (κ1) is 17.5. The molecule has 0 aromatic heterocycles. The summed E-state index contributed by atoms with van der Waals surface area (Å²) in [5.41, 5.74) is 3.79. The van der Waals surface area contributed by atoms with E-state index in [2.05, 4.69) is 26.2 Å². The van der Waals surface area contributed by atoms with Crippen molar-refractivity contribution < 1.29 is 9.90 Å². The van der Waals surface area contributed by atoms with E-state index in [1.165, 1.54) is 0 Å². The topological polar surface area (TPSA) is 75.4 Å². The molecule has 0 bridgehead atoms. The number of hydrogen-bond acceptors (Lipinski definition) is 3. The summed E-state index contributed by atoms with van der Waals surface area (Å²) in [7, 11) is 0. The Morgan fingerprint density at radius 3 is 2.24 bits per heavy atom. The molecule has 1 rings (SSSR count). The number of aromatic hydroxyl groups is 1. The molecule has 1 amide bonds. The van der Waals surface area contributed by atoms with Crippen LogP contribution in [0.4, 0.5) is 0 Å². The minimum absolute atomic E-state index is 0.00302. The lowest BCUT2D eigenvalue weighted by atomic mass is 9.78. The van der Waals surface area contributed by atoms with E-state index in [1.807, 2.05) is 26.8 Å².